The van der Waals surface area contributed by atoms with E-state index < -0.39 is 0 Å². The molecule has 1 fully saturated rings. The Labute approximate surface area is 112 Å². The highest BCUT2D eigenvalue weighted by atomic mass is 79.9. The van der Waals surface area contributed by atoms with Crippen LogP contribution in [0.1, 0.15) is 24.5 Å². The van der Waals surface area contributed by atoms with Gasteiger partial charge >= 0.3 is 0 Å². The first kappa shape index (κ1) is 13.1. The summed E-state index contributed by atoms with van der Waals surface area (Å²) in [7, 11) is 0. The monoisotopic (exact) mass is 297 g/mol. The van der Waals surface area contributed by atoms with E-state index in [0.717, 1.165) is 19.7 Å². The number of rotatable bonds is 4. The third-order valence-corrected chi connectivity index (χ3v) is 4.20. The van der Waals surface area contributed by atoms with Gasteiger partial charge in [0.2, 0.25) is 0 Å². The Hall–Kier alpha value is -0.380. The second kappa shape index (κ2) is 5.98. The van der Waals surface area contributed by atoms with Crippen molar-refractivity contribution >= 4 is 15.9 Å². The van der Waals surface area contributed by atoms with Gasteiger partial charge in [0.25, 0.3) is 0 Å². The fourth-order valence-electron chi connectivity index (χ4n) is 2.23. The molecule has 1 aromatic rings. The maximum atomic E-state index is 5.56. The van der Waals surface area contributed by atoms with E-state index in [1.165, 1.54) is 22.0 Å². The van der Waals surface area contributed by atoms with Crippen molar-refractivity contribution in [2.24, 2.45) is 5.92 Å². The van der Waals surface area contributed by atoms with Crippen LogP contribution in [0, 0.1) is 12.8 Å². The predicted octanol–water partition coefficient (Wildman–Crippen LogP) is 3.27. The first-order chi connectivity index (χ1) is 8.16. The number of benzene rings is 1. The highest BCUT2D eigenvalue weighted by Crippen LogP contribution is 2.21. The number of hydrogen-bond acceptors (Lipinski definition) is 2. The van der Waals surface area contributed by atoms with Crippen LogP contribution in [0.4, 0.5) is 0 Å². The van der Waals surface area contributed by atoms with Gasteiger partial charge < -0.3 is 10.1 Å². The number of halogens is 1. The lowest BCUT2D eigenvalue weighted by Crippen LogP contribution is -2.26. The lowest BCUT2D eigenvalue weighted by Gasteiger charge is -2.15. The fourth-order valence-corrected chi connectivity index (χ4v) is 2.87. The zero-order valence-electron chi connectivity index (χ0n) is 10.5. The van der Waals surface area contributed by atoms with Crippen LogP contribution in [0.3, 0.4) is 0 Å². The zero-order chi connectivity index (χ0) is 12.3. The van der Waals surface area contributed by atoms with Crippen molar-refractivity contribution < 1.29 is 4.74 Å². The fraction of sp³-hybridized carbons (Fsp3) is 0.571. The van der Waals surface area contributed by atoms with Crippen molar-refractivity contribution in [2.75, 3.05) is 13.2 Å². The van der Waals surface area contributed by atoms with Crippen LogP contribution >= 0.6 is 15.9 Å². The molecule has 1 N–H and O–H groups in total. The molecule has 1 aromatic carbocycles. The molecule has 2 unspecified atom stereocenters. The van der Waals surface area contributed by atoms with E-state index in [2.05, 4.69) is 53.3 Å². The van der Waals surface area contributed by atoms with Crippen LogP contribution in [0.25, 0.3) is 0 Å². The average Bonchev–Trinajstić information content (AvgIpc) is 2.68. The molecule has 3 heteroatoms. The highest BCUT2D eigenvalue weighted by Gasteiger charge is 2.23. The number of nitrogens with one attached hydrogen (secondary N) is 1. The smallest absolute Gasteiger partial charge is 0.0588 e. The van der Waals surface area contributed by atoms with Gasteiger partial charge in [-0.1, -0.05) is 28.1 Å². The van der Waals surface area contributed by atoms with Gasteiger partial charge in [0, 0.05) is 24.2 Å². The standard InChI is InChI=1S/C14H20BrNO/c1-10-3-4-13(14(15)7-10)9-16-8-12-5-6-17-11(12)2/h3-4,7,11-12,16H,5-6,8-9H2,1-2H3. The third kappa shape index (κ3) is 3.54. The summed E-state index contributed by atoms with van der Waals surface area (Å²) in [5.41, 5.74) is 2.61. The Morgan fingerprint density at radius 3 is 2.94 bits per heavy atom. The van der Waals surface area contributed by atoms with Gasteiger partial charge in [0.1, 0.15) is 0 Å². The second-order valence-corrected chi connectivity index (χ2v) is 5.70. The van der Waals surface area contributed by atoms with Gasteiger partial charge in [0.05, 0.1) is 6.10 Å². The first-order valence-corrected chi connectivity index (χ1v) is 7.03. The Morgan fingerprint density at radius 2 is 2.29 bits per heavy atom. The summed E-state index contributed by atoms with van der Waals surface area (Å²) in [4.78, 5) is 0. The van der Waals surface area contributed by atoms with Crippen LogP contribution in [-0.2, 0) is 11.3 Å². The van der Waals surface area contributed by atoms with E-state index >= 15 is 0 Å². The molecule has 17 heavy (non-hydrogen) atoms. The number of hydrogen-bond donors (Lipinski definition) is 1. The van der Waals surface area contributed by atoms with Gasteiger partial charge in [-0.25, -0.2) is 0 Å². The molecule has 1 aliphatic heterocycles. The molecule has 2 atom stereocenters. The van der Waals surface area contributed by atoms with E-state index in [0.29, 0.717) is 12.0 Å². The molecular formula is C14H20BrNO. The summed E-state index contributed by atoms with van der Waals surface area (Å²) in [6.45, 7) is 7.16. The molecule has 0 spiro atoms. The van der Waals surface area contributed by atoms with Gasteiger partial charge in [-0.15, -0.1) is 0 Å². The third-order valence-electron chi connectivity index (χ3n) is 3.46. The van der Waals surface area contributed by atoms with Crippen LogP contribution in [0.15, 0.2) is 22.7 Å². The summed E-state index contributed by atoms with van der Waals surface area (Å²) in [5, 5.41) is 3.52. The number of aryl methyl sites for hydroxylation is 1. The summed E-state index contributed by atoms with van der Waals surface area (Å²) < 4.78 is 6.75. The van der Waals surface area contributed by atoms with Crippen molar-refractivity contribution in [3.8, 4) is 0 Å². The van der Waals surface area contributed by atoms with E-state index in [9.17, 15) is 0 Å². The minimum Gasteiger partial charge on any atom is -0.378 e. The van der Waals surface area contributed by atoms with Crippen LogP contribution in [-0.4, -0.2) is 19.3 Å². The second-order valence-electron chi connectivity index (χ2n) is 4.85. The minimum absolute atomic E-state index is 0.406. The zero-order valence-corrected chi connectivity index (χ0v) is 12.1. The first-order valence-electron chi connectivity index (χ1n) is 6.24. The molecule has 0 bridgehead atoms. The molecule has 0 aromatic heterocycles. The van der Waals surface area contributed by atoms with E-state index in [1.54, 1.807) is 0 Å². The van der Waals surface area contributed by atoms with Crippen molar-refractivity contribution in [2.45, 2.75) is 32.9 Å². The van der Waals surface area contributed by atoms with Gasteiger partial charge in [-0.2, -0.15) is 0 Å². The topological polar surface area (TPSA) is 21.3 Å². The van der Waals surface area contributed by atoms with Gasteiger partial charge in [0.15, 0.2) is 0 Å². The lowest BCUT2D eigenvalue weighted by atomic mass is 10.0. The molecule has 1 heterocycles. The number of ether oxygens (including phenoxy) is 1. The van der Waals surface area contributed by atoms with Gasteiger partial charge in [-0.3, -0.25) is 0 Å². The molecule has 0 amide bonds. The Balaban J connectivity index is 1.81. The summed E-state index contributed by atoms with van der Waals surface area (Å²) in [5.74, 6) is 0.666. The average molecular weight is 298 g/mol. The maximum absolute atomic E-state index is 5.56. The van der Waals surface area contributed by atoms with E-state index in [1.807, 2.05) is 0 Å². The van der Waals surface area contributed by atoms with Gasteiger partial charge in [-0.05, 0) is 43.4 Å². The normalized spacial score (nSPS) is 24.2. The van der Waals surface area contributed by atoms with Crippen molar-refractivity contribution in [1.29, 1.82) is 0 Å². The van der Waals surface area contributed by atoms with Crippen LogP contribution in [0.5, 0.6) is 0 Å². The molecule has 1 saturated heterocycles. The molecule has 0 saturated carbocycles. The summed E-state index contributed by atoms with van der Waals surface area (Å²) in [6, 6.07) is 6.50. The minimum atomic E-state index is 0.406. The van der Waals surface area contributed by atoms with Crippen molar-refractivity contribution in [3.05, 3.63) is 33.8 Å². The Bertz CT molecular complexity index is 380. The van der Waals surface area contributed by atoms with Crippen LogP contribution in [0.2, 0.25) is 0 Å². The predicted molar refractivity (Wildman–Crippen MR) is 74.1 cm³/mol. The summed E-state index contributed by atoms with van der Waals surface area (Å²) >= 11 is 3.61. The van der Waals surface area contributed by atoms with Crippen molar-refractivity contribution in [3.63, 3.8) is 0 Å². The highest BCUT2D eigenvalue weighted by molar-refractivity contribution is 9.10. The van der Waals surface area contributed by atoms with E-state index in [4.69, 9.17) is 4.74 Å². The molecule has 94 valence electrons. The molecule has 1 aliphatic rings. The largest absolute Gasteiger partial charge is 0.378 e. The Morgan fingerprint density at radius 1 is 1.47 bits per heavy atom. The Kier molecular flexibility index (Phi) is 4.60. The molecule has 0 radical (unpaired) electrons. The molecule has 2 nitrogen and oxygen atoms in total. The molecule has 0 aliphatic carbocycles. The molecular weight excluding hydrogens is 278 g/mol. The SMILES string of the molecule is Cc1ccc(CNCC2CCOC2C)c(Br)c1. The molecule has 2 rings (SSSR count). The van der Waals surface area contributed by atoms with E-state index in [-0.39, 0.29) is 0 Å². The maximum Gasteiger partial charge on any atom is 0.0588 e. The summed E-state index contributed by atoms with van der Waals surface area (Å²) in [6.07, 6.45) is 1.59. The quantitative estimate of drug-likeness (QED) is 0.921. The van der Waals surface area contributed by atoms with Crippen molar-refractivity contribution in [1.82, 2.24) is 5.32 Å². The van der Waals surface area contributed by atoms with Crippen LogP contribution < -0.4 is 5.32 Å². The lowest BCUT2D eigenvalue weighted by molar-refractivity contribution is 0.105.